The molecular weight excluding hydrogens is 512 g/mol. The van der Waals surface area contributed by atoms with Gasteiger partial charge in [-0.15, -0.1) is 0 Å². The summed E-state index contributed by atoms with van der Waals surface area (Å²) in [6.45, 7) is 6.92. The minimum absolute atomic E-state index is 0.221. The summed E-state index contributed by atoms with van der Waals surface area (Å²) >= 11 is 0. The molecule has 0 aromatic carbocycles. The summed E-state index contributed by atoms with van der Waals surface area (Å²) < 4.78 is 16.2. The molecule has 0 fully saturated rings. The maximum absolute atomic E-state index is 12.4. The van der Waals surface area contributed by atoms with Gasteiger partial charge in [0.25, 0.3) is 0 Å². The lowest BCUT2D eigenvalue weighted by Crippen LogP contribution is -2.49. The molecule has 0 saturated heterocycles. The summed E-state index contributed by atoms with van der Waals surface area (Å²) in [4.78, 5) is 35.8. The molecule has 0 rings (SSSR count). The number of carbonyl (C=O) groups excluding carboxylic acids is 2. The predicted molar refractivity (Wildman–Crippen MR) is 159 cm³/mol. The molecule has 0 aromatic rings. The Bertz CT molecular complexity index is 604. The topological polar surface area (TPSA) is 123 Å². The summed E-state index contributed by atoms with van der Waals surface area (Å²) in [5.74, 6) is -2.16. The molecule has 2 amide bonds. The van der Waals surface area contributed by atoms with Gasteiger partial charge in [-0.1, -0.05) is 110 Å². The molecule has 1 atom stereocenters. The number of carbonyl (C=O) groups is 3. The van der Waals surface area contributed by atoms with Crippen LogP contribution in [0.4, 0.5) is 0 Å². The Morgan fingerprint density at radius 2 is 1.05 bits per heavy atom. The van der Waals surface area contributed by atoms with Crippen LogP contribution >= 0.6 is 0 Å². The van der Waals surface area contributed by atoms with Crippen molar-refractivity contribution in [3.8, 4) is 0 Å². The van der Waals surface area contributed by atoms with Crippen LogP contribution in [0.15, 0.2) is 0 Å². The molecule has 0 radical (unpaired) electrons. The minimum atomic E-state index is -1.15. The van der Waals surface area contributed by atoms with E-state index in [4.69, 9.17) is 19.3 Å². The number of unbranched alkanes of at least 4 members (excludes halogenated alkanes) is 15. The number of hydrogen-bond acceptors (Lipinski definition) is 6. The van der Waals surface area contributed by atoms with Crippen molar-refractivity contribution in [3.63, 3.8) is 0 Å². The standard InChI is InChI=1S/C31H60N2O7/c1-3-5-7-9-10-11-12-13-14-15-16-18-20-32-31(37)28(26-30(35)36)33-29(34)27-40-25-24-39-23-22-38-21-19-17-8-6-4-2/h28H,3-27H2,1-2H3,(H,32,37)(H,33,34)(H,35,36). The average molecular weight is 573 g/mol. The van der Waals surface area contributed by atoms with Gasteiger partial charge in [-0.2, -0.15) is 0 Å². The monoisotopic (exact) mass is 572 g/mol. The van der Waals surface area contributed by atoms with Gasteiger partial charge in [0.1, 0.15) is 12.6 Å². The van der Waals surface area contributed by atoms with Gasteiger partial charge in [-0.25, -0.2) is 0 Å². The van der Waals surface area contributed by atoms with Gasteiger partial charge in [0.2, 0.25) is 11.8 Å². The maximum Gasteiger partial charge on any atom is 0.305 e. The molecule has 0 heterocycles. The lowest BCUT2D eigenvalue weighted by molar-refractivity contribution is -0.141. The molecule has 0 bridgehead atoms. The van der Waals surface area contributed by atoms with Crippen molar-refractivity contribution in [2.45, 2.75) is 135 Å². The molecule has 3 N–H and O–H groups in total. The summed E-state index contributed by atoms with van der Waals surface area (Å²) in [5, 5.41) is 14.4. The van der Waals surface area contributed by atoms with E-state index in [1.54, 1.807) is 0 Å². The van der Waals surface area contributed by atoms with Gasteiger partial charge in [0.15, 0.2) is 0 Å². The van der Waals surface area contributed by atoms with E-state index in [1.165, 1.54) is 83.5 Å². The van der Waals surface area contributed by atoms with Crippen LogP contribution in [0.1, 0.15) is 129 Å². The summed E-state index contributed by atoms with van der Waals surface area (Å²) in [6, 6.07) is -1.12. The number of carboxylic acid groups (broad SMARTS) is 1. The number of hydrogen-bond donors (Lipinski definition) is 3. The zero-order chi connectivity index (χ0) is 29.5. The Kier molecular flexibility index (Phi) is 29.0. The molecule has 0 spiro atoms. The molecule has 0 aromatic heterocycles. The Hall–Kier alpha value is -1.71. The highest BCUT2D eigenvalue weighted by atomic mass is 16.5. The second-order valence-corrected chi connectivity index (χ2v) is 10.6. The molecule has 0 saturated carbocycles. The first-order valence-corrected chi connectivity index (χ1v) is 16.0. The SMILES string of the molecule is CCCCCCCCCCCCCCNC(=O)C(CC(=O)O)NC(=O)COCCOCCOCCCCCCC. The third-order valence-corrected chi connectivity index (χ3v) is 6.73. The zero-order valence-electron chi connectivity index (χ0n) is 25.7. The van der Waals surface area contributed by atoms with E-state index in [2.05, 4.69) is 24.5 Å². The summed E-state index contributed by atoms with van der Waals surface area (Å²) in [5.41, 5.74) is 0. The third kappa shape index (κ3) is 27.8. The minimum Gasteiger partial charge on any atom is -0.481 e. The van der Waals surface area contributed by atoms with Gasteiger partial charge in [-0.3, -0.25) is 14.4 Å². The van der Waals surface area contributed by atoms with Gasteiger partial charge in [0, 0.05) is 13.2 Å². The Labute approximate surface area is 243 Å². The van der Waals surface area contributed by atoms with E-state index < -0.39 is 30.2 Å². The predicted octanol–water partition coefficient (Wildman–Crippen LogP) is 5.78. The van der Waals surface area contributed by atoms with Crippen LogP contribution in [0.5, 0.6) is 0 Å². The highest BCUT2D eigenvalue weighted by Crippen LogP contribution is 2.11. The lowest BCUT2D eigenvalue weighted by atomic mass is 10.1. The Morgan fingerprint density at radius 3 is 1.57 bits per heavy atom. The van der Waals surface area contributed by atoms with E-state index in [9.17, 15) is 14.4 Å². The molecule has 0 aliphatic carbocycles. The van der Waals surface area contributed by atoms with Gasteiger partial charge >= 0.3 is 5.97 Å². The first-order chi connectivity index (χ1) is 19.5. The van der Waals surface area contributed by atoms with Crippen LogP contribution < -0.4 is 10.6 Å². The first kappa shape index (κ1) is 38.3. The van der Waals surface area contributed by atoms with Gasteiger partial charge in [0.05, 0.1) is 32.8 Å². The molecule has 9 heteroatoms. The van der Waals surface area contributed by atoms with E-state index in [0.29, 0.717) is 26.4 Å². The van der Waals surface area contributed by atoms with Crippen molar-refractivity contribution in [2.24, 2.45) is 0 Å². The summed E-state index contributed by atoms with van der Waals surface area (Å²) in [7, 11) is 0. The van der Waals surface area contributed by atoms with Gasteiger partial charge in [-0.05, 0) is 12.8 Å². The maximum atomic E-state index is 12.4. The summed E-state index contributed by atoms with van der Waals surface area (Å²) in [6.07, 6.45) is 20.3. The number of aliphatic carboxylic acids is 1. The zero-order valence-corrected chi connectivity index (χ0v) is 25.7. The average Bonchev–Trinajstić information content (AvgIpc) is 2.93. The molecule has 236 valence electrons. The number of amides is 2. The van der Waals surface area contributed by atoms with Crippen LogP contribution in [0.3, 0.4) is 0 Å². The number of rotatable bonds is 31. The molecular formula is C31H60N2O7. The fourth-order valence-electron chi connectivity index (χ4n) is 4.33. The molecule has 1 unspecified atom stereocenters. The molecule has 9 nitrogen and oxygen atoms in total. The van der Waals surface area contributed by atoms with E-state index in [1.807, 2.05) is 0 Å². The van der Waals surface area contributed by atoms with E-state index >= 15 is 0 Å². The lowest BCUT2D eigenvalue weighted by Gasteiger charge is -2.17. The third-order valence-electron chi connectivity index (χ3n) is 6.73. The fourth-order valence-corrected chi connectivity index (χ4v) is 4.33. The van der Waals surface area contributed by atoms with Crippen molar-refractivity contribution in [3.05, 3.63) is 0 Å². The van der Waals surface area contributed by atoms with Crippen molar-refractivity contribution in [1.82, 2.24) is 10.6 Å². The molecule has 0 aliphatic rings. The number of ether oxygens (including phenoxy) is 3. The van der Waals surface area contributed by atoms with Crippen LogP contribution in [0, 0.1) is 0 Å². The second kappa shape index (κ2) is 30.3. The number of nitrogens with one attached hydrogen (secondary N) is 2. The largest absolute Gasteiger partial charge is 0.481 e. The van der Waals surface area contributed by atoms with Crippen molar-refractivity contribution in [1.29, 1.82) is 0 Å². The molecule has 0 aliphatic heterocycles. The van der Waals surface area contributed by atoms with Crippen molar-refractivity contribution in [2.75, 3.05) is 46.2 Å². The first-order valence-electron chi connectivity index (χ1n) is 16.0. The fraction of sp³-hybridized carbons (Fsp3) is 0.903. The van der Waals surface area contributed by atoms with Gasteiger partial charge < -0.3 is 30.0 Å². The smallest absolute Gasteiger partial charge is 0.305 e. The Morgan fingerprint density at radius 1 is 0.600 bits per heavy atom. The highest BCUT2D eigenvalue weighted by Gasteiger charge is 2.23. The Balaban J connectivity index is 3.79. The second-order valence-electron chi connectivity index (χ2n) is 10.6. The van der Waals surface area contributed by atoms with E-state index in [-0.39, 0.29) is 13.2 Å². The number of carboxylic acids is 1. The van der Waals surface area contributed by atoms with Crippen LogP contribution in [-0.2, 0) is 28.6 Å². The normalized spacial score (nSPS) is 11.8. The van der Waals surface area contributed by atoms with Crippen molar-refractivity contribution < 1.29 is 33.7 Å². The van der Waals surface area contributed by atoms with E-state index in [0.717, 1.165) is 32.3 Å². The van der Waals surface area contributed by atoms with Crippen LogP contribution in [0.2, 0.25) is 0 Å². The highest BCUT2D eigenvalue weighted by molar-refractivity contribution is 5.90. The molecule has 40 heavy (non-hydrogen) atoms. The van der Waals surface area contributed by atoms with Crippen LogP contribution in [-0.4, -0.2) is 75.1 Å². The quantitative estimate of drug-likeness (QED) is 0.0900. The van der Waals surface area contributed by atoms with Crippen LogP contribution in [0.25, 0.3) is 0 Å². The van der Waals surface area contributed by atoms with Crippen molar-refractivity contribution >= 4 is 17.8 Å².